The van der Waals surface area contributed by atoms with Gasteiger partial charge in [-0.1, -0.05) is 46.8 Å². The molecular formula is C28H40N4O5. The number of amides is 3. The number of fused-ring (bicyclic) bond motifs is 1. The van der Waals surface area contributed by atoms with E-state index in [1.165, 1.54) is 23.8 Å². The maximum atomic E-state index is 13.8. The standard InChI is InChI=1S/C28H40N4O5/c1-16(2)12-21(30-27(37)18-8-10-19(11-9-18)28(4,5)6)26(36)20-13-29-24-22(34)14-32(25(20)24)23(35)15-31(7)17(3)33/h8-11,16,20-21,24-25,29H,12-15H2,1-7H3,(H,30,37). The number of likely N-dealkylation sites (tertiary alicyclic amines) is 1. The Morgan fingerprint density at radius 1 is 1.14 bits per heavy atom. The third-order valence-electron chi connectivity index (χ3n) is 7.31. The number of nitrogens with zero attached hydrogens (tertiary/aromatic N) is 2. The first-order valence-electron chi connectivity index (χ1n) is 12.9. The molecule has 9 heteroatoms. The lowest BCUT2D eigenvalue weighted by Gasteiger charge is -2.31. The number of nitrogens with one attached hydrogen (secondary N) is 2. The normalized spacial score (nSPS) is 22.1. The van der Waals surface area contributed by atoms with Gasteiger partial charge in [-0.05, 0) is 35.4 Å². The van der Waals surface area contributed by atoms with Crippen LogP contribution >= 0.6 is 0 Å². The van der Waals surface area contributed by atoms with E-state index in [4.69, 9.17) is 0 Å². The molecule has 0 radical (unpaired) electrons. The van der Waals surface area contributed by atoms with Crippen LogP contribution in [0, 0.1) is 11.8 Å². The second-order valence-electron chi connectivity index (χ2n) is 11.7. The number of rotatable bonds is 8. The van der Waals surface area contributed by atoms with Crippen LogP contribution in [0.1, 0.15) is 63.9 Å². The molecule has 3 amide bonds. The van der Waals surface area contributed by atoms with E-state index in [9.17, 15) is 24.0 Å². The van der Waals surface area contributed by atoms with Crippen LogP contribution in [-0.4, -0.2) is 83.9 Å². The van der Waals surface area contributed by atoms with Gasteiger partial charge in [0.15, 0.2) is 11.6 Å². The smallest absolute Gasteiger partial charge is 0.251 e. The van der Waals surface area contributed by atoms with Crippen LogP contribution in [-0.2, 0) is 24.6 Å². The Kier molecular flexibility index (Phi) is 8.57. The number of hydrogen-bond donors (Lipinski definition) is 2. The van der Waals surface area contributed by atoms with E-state index in [1.54, 1.807) is 12.1 Å². The maximum Gasteiger partial charge on any atom is 0.251 e. The summed E-state index contributed by atoms with van der Waals surface area (Å²) in [7, 11) is 1.52. The van der Waals surface area contributed by atoms with Gasteiger partial charge in [-0.15, -0.1) is 0 Å². The van der Waals surface area contributed by atoms with Gasteiger partial charge in [0, 0.05) is 26.1 Å². The van der Waals surface area contributed by atoms with Crippen molar-refractivity contribution in [2.24, 2.45) is 11.8 Å². The fraction of sp³-hybridized carbons (Fsp3) is 0.607. The number of benzene rings is 1. The van der Waals surface area contributed by atoms with Crippen molar-refractivity contribution in [3.05, 3.63) is 35.4 Å². The Morgan fingerprint density at radius 3 is 2.30 bits per heavy atom. The Labute approximate surface area is 219 Å². The zero-order valence-electron chi connectivity index (χ0n) is 23.0. The minimum Gasteiger partial charge on any atom is -0.342 e. The molecule has 1 aromatic rings. The van der Waals surface area contributed by atoms with Crippen LogP contribution in [0.5, 0.6) is 0 Å². The Bertz CT molecular complexity index is 1060. The number of hydrogen-bond acceptors (Lipinski definition) is 6. The fourth-order valence-electron chi connectivity index (χ4n) is 5.07. The molecule has 4 unspecified atom stereocenters. The van der Waals surface area contributed by atoms with Crippen molar-refractivity contribution < 1.29 is 24.0 Å². The molecule has 2 N–H and O–H groups in total. The van der Waals surface area contributed by atoms with Crippen LogP contribution in [0.15, 0.2) is 24.3 Å². The Morgan fingerprint density at radius 2 is 1.76 bits per heavy atom. The monoisotopic (exact) mass is 512 g/mol. The highest BCUT2D eigenvalue weighted by Gasteiger charge is 2.53. The van der Waals surface area contributed by atoms with E-state index < -0.39 is 24.0 Å². The number of likely N-dealkylation sites (N-methyl/N-ethyl adjacent to an activating group) is 1. The average molecular weight is 513 g/mol. The molecule has 2 heterocycles. The summed E-state index contributed by atoms with van der Waals surface area (Å²) in [6.07, 6.45) is 0.438. The lowest BCUT2D eigenvalue weighted by atomic mass is 9.86. The zero-order chi connectivity index (χ0) is 27.7. The van der Waals surface area contributed by atoms with E-state index in [1.807, 2.05) is 26.0 Å². The number of carbonyl (C=O) groups is 5. The highest BCUT2D eigenvalue weighted by Crippen LogP contribution is 2.30. The Balaban J connectivity index is 1.80. The summed E-state index contributed by atoms with van der Waals surface area (Å²) in [6, 6.07) is 5.36. The molecule has 1 aromatic carbocycles. The summed E-state index contributed by atoms with van der Waals surface area (Å²) in [5.74, 6) is -1.82. The molecule has 2 saturated heterocycles. The van der Waals surface area contributed by atoms with E-state index in [2.05, 4.69) is 31.4 Å². The third-order valence-corrected chi connectivity index (χ3v) is 7.31. The summed E-state index contributed by atoms with van der Waals surface area (Å²) in [5.41, 5.74) is 1.53. The lowest BCUT2D eigenvalue weighted by molar-refractivity contribution is -0.140. The van der Waals surface area contributed by atoms with Crippen molar-refractivity contribution in [3.8, 4) is 0 Å². The van der Waals surface area contributed by atoms with Gasteiger partial charge < -0.3 is 20.4 Å². The van der Waals surface area contributed by atoms with Gasteiger partial charge in [0.1, 0.15) is 0 Å². The van der Waals surface area contributed by atoms with Crippen LogP contribution in [0.25, 0.3) is 0 Å². The van der Waals surface area contributed by atoms with Crippen LogP contribution < -0.4 is 10.6 Å². The van der Waals surface area contributed by atoms with E-state index in [0.29, 0.717) is 12.0 Å². The largest absolute Gasteiger partial charge is 0.342 e. The van der Waals surface area contributed by atoms with Crippen molar-refractivity contribution in [3.63, 3.8) is 0 Å². The molecule has 0 bridgehead atoms. The second-order valence-corrected chi connectivity index (χ2v) is 11.7. The molecule has 0 spiro atoms. The maximum absolute atomic E-state index is 13.8. The molecule has 4 atom stereocenters. The highest BCUT2D eigenvalue weighted by molar-refractivity contribution is 6.01. The average Bonchev–Trinajstić information content (AvgIpc) is 3.38. The molecule has 0 aliphatic carbocycles. The lowest BCUT2D eigenvalue weighted by Crippen LogP contribution is -2.52. The number of carbonyl (C=O) groups excluding carboxylic acids is 5. The molecule has 9 nitrogen and oxygen atoms in total. The molecule has 0 aromatic heterocycles. The van der Waals surface area contributed by atoms with Gasteiger partial charge in [-0.3, -0.25) is 24.0 Å². The fourth-order valence-corrected chi connectivity index (χ4v) is 5.07. The summed E-state index contributed by atoms with van der Waals surface area (Å²) < 4.78 is 0. The van der Waals surface area contributed by atoms with Crippen molar-refractivity contribution in [2.45, 2.75) is 71.5 Å². The van der Waals surface area contributed by atoms with Crippen molar-refractivity contribution in [1.82, 2.24) is 20.4 Å². The molecule has 202 valence electrons. The summed E-state index contributed by atoms with van der Waals surface area (Å²) in [4.78, 5) is 66.9. The van der Waals surface area contributed by atoms with Gasteiger partial charge in [0.05, 0.1) is 37.1 Å². The van der Waals surface area contributed by atoms with Gasteiger partial charge in [0.25, 0.3) is 5.91 Å². The predicted molar refractivity (Wildman–Crippen MR) is 140 cm³/mol. The minimum atomic E-state index is -0.757. The number of ketones is 2. The molecule has 2 aliphatic rings. The Hall–Kier alpha value is -3.07. The van der Waals surface area contributed by atoms with E-state index >= 15 is 0 Å². The molecule has 3 rings (SSSR count). The zero-order valence-corrected chi connectivity index (χ0v) is 23.0. The van der Waals surface area contributed by atoms with Crippen LogP contribution in [0.4, 0.5) is 0 Å². The summed E-state index contributed by atoms with van der Waals surface area (Å²) >= 11 is 0. The molecular weight excluding hydrogens is 472 g/mol. The van der Waals surface area contributed by atoms with Gasteiger partial charge >= 0.3 is 0 Å². The molecule has 2 fully saturated rings. The topological polar surface area (TPSA) is 116 Å². The van der Waals surface area contributed by atoms with Crippen molar-refractivity contribution in [2.75, 3.05) is 26.7 Å². The quantitative estimate of drug-likeness (QED) is 0.546. The van der Waals surface area contributed by atoms with E-state index in [-0.39, 0.29) is 60.3 Å². The first kappa shape index (κ1) is 28.5. The van der Waals surface area contributed by atoms with Crippen LogP contribution in [0.3, 0.4) is 0 Å². The third kappa shape index (κ3) is 6.44. The summed E-state index contributed by atoms with van der Waals surface area (Å²) in [6.45, 7) is 11.6. The first-order valence-corrected chi connectivity index (χ1v) is 12.9. The van der Waals surface area contributed by atoms with Gasteiger partial charge in [-0.25, -0.2) is 0 Å². The summed E-state index contributed by atoms with van der Waals surface area (Å²) in [5, 5.41) is 6.04. The highest BCUT2D eigenvalue weighted by atomic mass is 16.2. The predicted octanol–water partition coefficient (Wildman–Crippen LogP) is 1.54. The van der Waals surface area contributed by atoms with Gasteiger partial charge in [0.2, 0.25) is 11.8 Å². The van der Waals surface area contributed by atoms with Gasteiger partial charge in [-0.2, -0.15) is 0 Å². The van der Waals surface area contributed by atoms with Crippen molar-refractivity contribution >= 4 is 29.3 Å². The molecule has 37 heavy (non-hydrogen) atoms. The molecule has 2 aliphatic heterocycles. The minimum absolute atomic E-state index is 0.0432. The molecule has 0 saturated carbocycles. The van der Waals surface area contributed by atoms with E-state index in [0.717, 1.165) is 5.56 Å². The SMILES string of the molecule is CC(=O)N(C)CC(=O)N1CC(=O)C2NCC(C(=O)C(CC(C)C)NC(=O)c3ccc(C(C)(C)C)cc3)C21. The first-order chi connectivity index (χ1) is 17.2. The van der Waals surface area contributed by atoms with Crippen LogP contribution in [0.2, 0.25) is 0 Å². The van der Waals surface area contributed by atoms with Crippen molar-refractivity contribution in [1.29, 1.82) is 0 Å². The number of Topliss-reactive ketones (excluding diaryl/α,β-unsaturated/α-hetero) is 2. The second kappa shape index (κ2) is 11.1.